The number of likely N-dealkylation sites (tertiary alicyclic amines) is 2. The fraction of sp³-hybridized carbons (Fsp3) is 0.571. The standard InChI is InChI=1S/C21H24N2O3/c24-19(13-4-2-1-3-5-13)14-6-8-22(9-7-14)20(25)21(26)23-12-15-10-18(23)17-11-16(15)17/h1-5,14-18H,6-12H2/t15-,16-,17-,18-/m0/s1. The first kappa shape index (κ1) is 16.0. The van der Waals surface area contributed by atoms with Crippen LogP contribution in [0.5, 0.6) is 0 Å². The molecule has 5 nitrogen and oxygen atoms in total. The van der Waals surface area contributed by atoms with Crippen LogP contribution in [0.15, 0.2) is 30.3 Å². The monoisotopic (exact) mass is 352 g/mol. The molecule has 5 heteroatoms. The summed E-state index contributed by atoms with van der Waals surface area (Å²) in [7, 11) is 0. The summed E-state index contributed by atoms with van der Waals surface area (Å²) in [5.41, 5.74) is 0.737. The van der Waals surface area contributed by atoms with Crippen LogP contribution in [-0.2, 0) is 9.59 Å². The highest BCUT2D eigenvalue weighted by atomic mass is 16.2. The molecule has 2 saturated carbocycles. The van der Waals surface area contributed by atoms with Gasteiger partial charge in [0.15, 0.2) is 5.78 Å². The van der Waals surface area contributed by atoms with Crippen LogP contribution >= 0.6 is 0 Å². The molecular weight excluding hydrogens is 328 g/mol. The Bertz CT molecular complexity index is 754. The second-order valence-electron chi connectivity index (χ2n) is 8.38. The Hall–Kier alpha value is -2.17. The zero-order valence-electron chi connectivity index (χ0n) is 14.8. The molecule has 136 valence electrons. The first-order valence-corrected chi connectivity index (χ1v) is 9.82. The summed E-state index contributed by atoms with van der Waals surface area (Å²) in [6, 6.07) is 9.66. The van der Waals surface area contributed by atoms with Crippen LogP contribution in [0.2, 0.25) is 0 Å². The number of benzene rings is 1. The van der Waals surface area contributed by atoms with Gasteiger partial charge in [0.1, 0.15) is 0 Å². The number of hydrogen-bond acceptors (Lipinski definition) is 3. The predicted octanol–water partition coefficient (Wildman–Crippen LogP) is 1.97. The third-order valence-electron chi connectivity index (χ3n) is 7.02. The number of carbonyl (C=O) groups excluding carboxylic acids is 3. The van der Waals surface area contributed by atoms with Crippen LogP contribution in [0.25, 0.3) is 0 Å². The fourth-order valence-electron chi connectivity index (χ4n) is 5.51. The van der Waals surface area contributed by atoms with Gasteiger partial charge in [0.2, 0.25) is 0 Å². The maximum Gasteiger partial charge on any atom is 0.312 e. The van der Waals surface area contributed by atoms with E-state index < -0.39 is 0 Å². The average molecular weight is 352 g/mol. The number of rotatable bonds is 2. The SMILES string of the molecule is O=C(c1ccccc1)C1CCN(C(=O)C(=O)N2C[C@@H]3C[C@H]2[C@H]2C[C@@H]32)CC1. The molecule has 4 fully saturated rings. The quantitative estimate of drug-likeness (QED) is 0.604. The fourth-order valence-corrected chi connectivity index (χ4v) is 5.51. The molecule has 26 heavy (non-hydrogen) atoms. The summed E-state index contributed by atoms with van der Waals surface area (Å²) >= 11 is 0. The van der Waals surface area contributed by atoms with E-state index in [9.17, 15) is 14.4 Å². The third-order valence-corrected chi connectivity index (χ3v) is 7.02. The van der Waals surface area contributed by atoms with Crippen molar-refractivity contribution in [3.8, 4) is 0 Å². The maximum atomic E-state index is 12.7. The molecule has 2 aliphatic carbocycles. The first-order chi connectivity index (χ1) is 12.6. The van der Waals surface area contributed by atoms with Gasteiger partial charge >= 0.3 is 11.8 Å². The van der Waals surface area contributed by atoms with Crippen LogP contribution in [0, 0.1) is 23.7 Å². The molecule has 2 aliphatic heterocycles. The van der Waals surface area contributed by atoms with E-state index in [1.54, 1.807) is 4.90 Å². The lowest BCUT2D eigenvalue weighted by Crippen LogP contribution is -2.51. The van der Waals surface area contributed by atoms with E-state index in [0.29, 0.717) is 43.8 Å². The van der Waals surface area contributed by atoms with Gasteiger partial charge in [-0.05, 0) is 43.4 Å². The molecule has 4 aliphatic rings. The van der Waals surface area contributed by atoms with E-state index in [0.717, 1.165) is 24.4 Å². The number of Topliss-reactive ketones (excluding diaryl/α,β-unsaturated/α-hetero) is 1. The van der Waals surface area contributed by atoms with Crippen molar-refractivity contribution in [3.05, 3.63) is 35.9 Å². The Kier molecular flexibility index (Phi) is 3.66. The average Bonchev–Trinajstić information content (AvgIpc) is 3.30. The number of nitrogens with zero attached hydrogens (tertiary/aromatic N) is 2. The molecule has 1 aromatic carbocycles. The van der Waals surface area contributed by atoms with E-state index >= 15 is 0 Å². The number of piperidine rings is 2. The number of hydrogen-bond donors (Lipinski definition) is 0. The minimum atomic E-state index is -0.361. The van der Waals surface area contributed by atoms with Gasteiger partial charge in [0.25, 0.3) is 0 Å². The Labute approximate surface area is 153 Å². The van der Waals surface area contributed by atoms with Gasteiger partial charge in [-0.1, -0.05) is 30.3 Å². The highest BCUT2D eigenvalue weighted by Crippen LogP contribution is 2.61. The van der Waals surface area contributed by atoms with E-state index in [1.807, 2.05) is 35.2 Å². The van der Waals surface area contributed by atoms with Gasteiger partial charge in [-0.15, -0.1) is 0 Å². The first-order valence-electron chi connectivity index (χ1n) is 9.82. The number of carbonyl (C=O) groups is 3. The Morgan fingerprint density at radius 1 is 0.885 bits per heavy atom. The molecule has 0 aromatic heterocycles. The molecule has 0 N–H and O–H groups in total. The summed E-state index contributed by atoms with van der Waals surface area (Å²) in [5, 5.41) is 0. The van der Waals surface area contributed by atoms with Crippen LogP contribution in [0.4, 0.5) is 0 Å². The third kappa shape index (κ3) is 2.48. The lowest BCUT2D eigenvalue weighted by Gasteiger charge is -2.33. The largest absolute Gasteiger partial charge is 0.334 e. The van der Waals surface area contributed by atoms with Gasteiger partial charge < -0.3 is 9.80 Å². The van der Waals surface area contributed by atoms with Crippen molar-refractivity contribution in [1.29, 1.82) is 0 Å². The lowest BCUT2D eigenvalue weighted by molar-refractivity contribution is -0.153. The van der Waals surface area contributed by atoms with Crippen LogP contribution < -0.4 is 0 Å². The highest BCUT2D eigenvalue weighted by Gasteiger charge is 2.62. The van der Waals surface area contributed by atoms with Crippen LogP contribution in [0.1, 0.15) is 36.0 Å². The van der Waals surface area contributed by atoms with Gasteiger partial charge in [-0.25, -0.2) is 0 Å². The molecular formula is C21H24N2O3. The Morgan fingerprint density at radius 3 is 2.27 bits per heavy atom. The smallest absolute Gasteiger partial charge is 0.312 e. The minimum absolute atomic E-state index is 0.0495. The summed E-state index contributed by atoms with van der Waals surface area (Å²) in [4.78, 5) is 41.5. The molecule has 0 radical (unpaired) electrons. The molecule has 2 bridgehead atoms. The van der Waals surface area contributed by atoms with Crippen molar-refractivity contribution in [1.82, 2.24) is 9.80 Å². The van der Waals surface area contributed by atoms with E-state index in [-0.39, 0.29) is 23.5 Å². The number of ketones is 1. The number of fused-ring (bicyclic) bond motifs is 5. The molecule has 4 atom stereocenters. The molecule has 2 heterocycles. The molecule has 0 spiro atoms. The Morgan fingerprint density at radius 2 is 1.62 bits per heavy atom. The molecule has 5 rings (SSSR count). The van der Waals surface area contributed by atoms with Crippen molar-refractivity contribution >= 4 is 17.6 Å². The summed E-state index contributed by atoms with van der Waals surface area (Å²) in [6.07, 6.45) is 3.63. The molecule has 2 amide bonds. The van der Waals surface area contributed by atoms with Crippen molar-refractivity contribution in [2.75, 3.05) is 19.6 Å². The lowest BCUT2D eigenvalue weighted by atomic mass is 9.89. The van der Waals surface area contributed by atoms with Crippen molar-refractivity contribution in [3.63, 3.8) is 0 Å². The zero-order valence-corrected chi connectivity index (χ0v) is 14.8. The van der Waals surface area contributed by atoms with Crippen molar-refractivity contribution in [2.45, 2.75) is 31.7 Å². The van der Waals surface area contributed by atoms with Gasteiger partial charge in [0.05, 0.1) is 0 Å². The topological polar surface area (TPSA) is 57.7 Å². The summed E-state index contributed by atoms with van der Waals surface area (Å²) in [6.45, 7) is 1.78. The summed E-state index contributed by atoms with van der Waals surface area (Å²) in [5.74, 6) is 1.57. The van der Waals surface area contributed by atoms with E-state index in [2.05, 4.69) is 0 Å². The van der Waals surface area contributed by atoms with Crippen molar-refractivity contribution < 1.29 is 14.4 Å². The van der Waals surface area contributed by atoms with E-state index in [1.165, 1.54) is 6.42 Å². The molecule has 0 unspecified atom stereocenters. The Balaban J connectivity index is 1.18. The maximum absolute atomic E-state index is 12.7. The van der Waals surface area contributed by atoms with Gasteiger partial charge in [-0.2, -0.15) is 0 Å². The second-order valence-corrected chi connectivity index (χ2v) is 8.38. The second kappa shape index (κ2) is 5.93. The normalized spacial score (nSPS) is 32.5. The van der Waals surface area contributed by atoms with Crippen molar-refractivity contribution in [2.24, 2.45) is 23.7 Å². The highest BCUT2D eigenvalue weighted by molar-refractivity contribution is 6.35. The van der Waals surface area contributed by atoms with E-state index in [4.69, 9.17) is 0 Å². The minimum Gasteiger partial charge on any atom is -0.334 e. The van der Waals surface area contributed by atoms with Gasteiger partial charge in [-0.3, -0.25) is 14.4 Å². The van der Waals surface area contributed by atoms with Gasteiger partial charge in [0, 0.05) is 37.2 Å². The van der Waals surface area contributed by atoms with Crippen LogP contribution in [-0.4, -0.2) is 53.1 Å². The zero-order chi connectivity index (χ0) is 17.8. The molecule has 2 saturated heterocycles. The summed E-state index contributed by atoms with van der Waals surface area (Å²) < 4.78 is 0. The van der Waals surface area contributed by atoms with Crippen LogP contribution in [0.3, 0.4) is 0 Å². The number of amides is 2. The molecule has 1 aromatic rings. The predicted molar refractivity (Wildman–Crippen MR) is 95.3 cm³/mol.